The molecule has 1 atom stereocenters. The van der Waals surface area contributed by atoms with E-state index in [0.717, 1.165) is 51.3 Å². The Labute approximate surface area is 174 Å². The third kappa shape index (κ3) is 5.64. The van der Waals surface area contributed by atoms with Crippen molar-refractivity contribution in [2.45, 2.75) is 44.8 Å². The van der Waals surface area contributed by atoms with E-state index in [-0.39, 0.29) is 11.8 Å². The molecule has 154 valence electrons. The lowest BCUT2D eigenvalue weighted by Crippen LogP contribution is -2.50. The minimum Gasteiger partial charge on any atom is -0.350 e. The van der Waals surface area contributed by atoms with Gasteiger partial charge in [-0.2, -0.15) is 0 Å². The van der Waals surface area contributed by atoms with Crippen LogP contribution in [-0.2, 0) is 17.9 Å². The summed E-state index contributed by atoms with van der Waals surface area (Å²) in [5.41, 5.74) is 2.31. The number of hydrogen-bond acceptors (Lipinski definition) is 4. The van der Waals surface area contributed by atoms with E-state index in [2.05, 4.69) is 50.4 Å². The van der Waals surface area contributed by atoms with Crippen molar-refractivity contribution in [2.75, 3.05) is 26.2 Å². The van der Waals surface area contributed by atoms with Gasteiger partial charge in [-0.05, 0) is 63.0 Å². The van der Waals surface area contributed by atoms with Crippen molar-refractivity contribution in [2.24, 2.45) is 5.92 Å². The number of amides is 1. The monoisotopic (exact) mass is 392 g/mol. The lowest BCUT2D eigenvalue weighted by Gasteiger charge is -2.42. The number of rotatable bonds is 6. The van der Waals surface area contributed by atoms with Crippen LogP contribution in [0.2, 0.25) is 0 Å². The smallest absolute Gasteiger partial charge is 0.224 e. The fourth-order valence-electron chi connectivity index (χ4n) is 4.66. The van der Waals surface area contributed by atoms with Gasteiger partial charge < -0.3 is 5.32 Å². The van der Waals surface area contributed by atoms with E-state index in [0.29, 0.717) is 12.6 Å². The number of piperidine rings is 2. The van der Waals surface area contributed by atoms with Crippen LogP contribution in [0.5, 0.6) is 0 Å². The molecular formula is C24H32N4O. The van der Waals surface area contributed by atoms with Gasteiger partial charge in [-0.15, -0.1) is 0 Å². The van der Waals surface area contributed by atoms with Crippen molar-refractivity contribution in [3.63, 3.8) is 0 Å². The Morgan fingerprint density at radius 1 is 1.00 bits per heavy atom. The summed E-state index contributed by atoms with van der Waals surface area (Å²) in [5, 5.41) is 3.09. The zero-order chi connectivity index (χ0) is 19.9. The van der Waals surface area contributed by atoms with Crippen LogP contribution in [0.15, 0.2) is 54.7 Å². The van der Waals surface area contributed by atoms with Crippen molar-refractivity contribution in [1.29, 1.82) is 0 Å². The predicted molar refractivity (Wildman–Crippen MR) is 115 cm³/mol. The summed E-state index contributed by atoms with van der Waals surface area (Å²) < 4.78 is 0. The molecule has 2 saturated heterocycles. The fourth-order valence-corrected chi connectivity index (χ4v) is 4.66. The Morgan fingerprint density at radius 3 is 2.55 bits per heavy atom. The maximum atomic E-state index is 12.7. The first-order chi connectivity index (χ1) is 14.3. The molecule has 2 fully saturated rings. The van der Waals surface area contributed by atoms with Gasteiger partial charge in [0.1, 0.15) is 0 Å². The summed E-state index contributed by atoms with van der Waals surface area (Å²) >= 11 is 0. The third-order valence-electron chi connectivity index (χ3n) is 6.32. The van der Waals surface area contributed by atoms with Gasteiger partial charge in [0.05, 0.1) is 18.2 Å². The molecule has 4 rings (SSSR count). The van der Waals surface area contributed by atoms with E-state index < -0.39 is 0 Å². The summed E-state index contributed by atoms with van der Waals surface area (Å²) in [7, 11) is 0. The molecule has 0 spiro atoms. The van der Waals surface area contributed by atoms with Crippen LogP contribution in [0.1, 0.15) is 36.9 Å². The van der Waals surface area contributed by atoms with E-state index in [9.17, 15) is 4.79 Å². The average Bonchev–Trinajstić information content (AvgIpc) is 2.79. The Balaban J connectivity index is 1.23. The lowest BCUT2D eigenvalue weighted by atomic mass is 9.93. The number of carbonyl (C=O) groups excluding carboxylic acids is 1. The highest BCUT2D eigenvalue weighted by atomic mass is 16.1. The zero-order valence-corrected chi connectivity index (χ0v) is 17.2. The topological polar surface area (TPSA) is 48.5 Å². The second-order valence-electron chi connectivity index (χ2n) is 8.37. The van der Waals surface area contributed by atoms with Crippen LogP contribution < -0.4 is 5.32 Å². The molecule has 5 nitrogen and oxygen atoms in total. The maximum Gasteiger partial charge on any atom is 0.224 e. The van der Waals surface area contributed by atoms with Gasteiger partial charge in [0.15, 0.2) is 0 Å². The number of benzene rings is 1. The Bertz CT molecular complexity index is 759. The van der Waals surface area contributed by atoms with Gasteiger partial charge in [-0.1, -0.05) is 36.4 Å². The fraction of sp³-hybridized carbons (Fsp3) is 0.500. The summed E-state index contributed by atoms with van der Waals surface area (Å²) in [6.45, 7) is 5.89. The molecule has 1 aromatic heterocycles. The minimum absolute atomic E-state index is 0.106. The summed E-state index contributed by atoms with van der Waals surface area (Å²) in [5.74, 6) is 0.289. The second kappa shape index (κ2) is 9.99. The van der Waals surface area contributed by atoms with Crippen molar-refractivity contribution >= 4 is 5.91 Å². The first kappa shape index (κ1) is 20.0. The molecule has 1 aromatic carbocycles. The molecule has 2 aliphatic rings. The number of carbonyl (C=O) groups is 1. The van der Waals surface area contributed by atoms with Gasteiger partial charge in [-0.25, -0.2) is 0 Å². The van der Waals surface area contributed by atoms with Crippen molar-refractivity contribution in [1.82, 2.24) is 20.1 Å². The second-order valence-corrected chi connectivity index (χ2v) is 8.37. The Morgan fingerprint density at radius 2 is 1.79 bits per heavy atom. The SMILES string of the molecule is O=C(NCc1ccccn1)[C@H]1CCCN(C2CCN(Cc3ccccc3)CC2)C1. The molecule has 29 heavy (non-hydrogen) atoms. The third-order valence-corrected chi connectivity index (χ3v) is 6.32. The average molecular weight is 393 g/mol. The Hall–Kier alpha value is -2.24. The largest absolute Gasteiger partial charge is 0.350 e. The maximum absolute atomic E-state index is 12.7. The number of aromatic nitrogens is 1. The highest BCUT2D eigenvalue weighted by molar-refractivity contribution is 5.78. The van der Waals surface area contributed by atoms with E-state index in [1.807, 2.05) is 18.2 Å². The van der Waals surface area contributed by atoms with E-state index in [1.165, 1.54) is 18.4 Å². The quantitative estimate of drug-likeness (QED) is 0.821. The molecule has 3 heterocycles. The highest BCUT2D eigenvalue weighted by Gasteiger charge is 2.31. The van der Waals surface area contributed by atoms with Crippen molar-refractivity contribution in [3.8, 4) is 0 Å². The molecule has 0 bridgehead atoms. The highest BCUT2D eigenvalue weighted by Crippen LogP contribution is 2.24. The van der Waals surface area contributed by atoms with Crippen LogP contribution in [0.4, 0.5) is 0 Å². The first-order valence-corrected chi connectivity index (χ1v) is 11.0. The van der Waals surface area contributed by atoms with E-state index in [1.54, 1.807) is 6.20 Å². The van der Waals surface area contributed by atoms with E-state index in [4.69, 9.17) is 0 Å². The minimum atomic E-state index is 0.106. The van der Waals surface area contributed by atoms with Gasteiger partial charge in [0, 0.05) is 25.3 Å². The Kier molecular flexibility index (Phi) is 6.91. The van der Waals surface area contributed by atoms with Crippen molar-refractivity contribution in [3.05, 3.63) is 66.0 Å². The molecule has 0 saturated carbocycles. The molecule has 1 N–H and O–H groups in total. The number of nitrogens with zero attached hydrogens (tertiary/aromatic N) is 3. The van der Waals surface area contributed by atoms with Crippen LogP contribution in [0.3, 0.4) is 0 Å². The zero-order valence-electron chi connectivity index (χ0n) is 17.2. The molecule has 2 aliphatic heterocycles. The van der Waals surface area contributed by atoms with Crippen molar-refractivity contribution < 1.29 is 4.79 Å². The molecule has 0 radical (unpaired) electrons. The summed E-state index contributed by atoms with van der Waals surface area (Å²) in [6, 6.07) is 17.2. The van der Waals surface area contributed by atoms with Crippen LogP contribution in [0, 0.1) is 5.92 Å². The molecule has 2 aromatic rings. The van der Waals surface area contributed by atoms with Gasteiger partial charge in [0.25, 0.3) is 0 Å². The molecule has 1 amide bonds. The molecule has 5 heteroatoms. The summed E-state index contributed by atoms with van der Waals surface area (Å²) in [6.07, 6.45) is 6.29. The predicted octanol–water partition coefficient (Wildman–Crippen LogP) is 3.07. The standard InChI is InChI=1S/C24H32N4O/c29-24(26-17-22-10-4-5-13-25-22)21-9-6-14-28(19-21)23-11-15-27(16-12-23)18-20-7-2-1-3-8-20/h1-5,7-8,10,13,21,23H,6,9,11-12,14-19H2,(H,26,29)/t21-/m0/s1. The van der Waals surface area contributed by atoms with Crippen LogP contribution in [-0.4, -0.2) is 52.9 Å². The van der Waals surface area contributed by atoms with Gasteiger partial charge >= 0.3 is 0 Å². The lowest BCUT2D eigenvalue weighted by molar-refractivity contribution is -0.127. The van der Waals surface area contributed by atoms with Gasteiger partial charge in [-0.3, -0.25) is 19.6 Å². The molecule has 0 unspecified atom stereocenters. The molecule has 0 aliphatic carbocycles. The number of likely N-dealkylation sites (tertiary alicyclic amines) is 2. The number of nitrogens with one attached hydrogen (secondary N) is 1. The first-order valence-electron chi connectivity index (χ1n) is 11.0. The normalized spacial score (nSPS) is 21.7. The number of hydrogen-bond donors (Lipinski definition) is 1. The molecular weight excluding hydrogens is 360 g/mol. The van der Waals surface area contributed by atoms with Gasteiger partial charge in [0.2, 0.25) is 5.91 Å². The summed E-state index contributed by atoms with van der Waals surface area (Å²) in [4.78, 5) is 22.1. The van der Waals surface area contributed by atoms with E-state index >= 15 is 0 Å². The number of pyridine rings is 1. The van der Waals surface area contributed by atoms with Crippen LogP contribution >= 0.6 is 0 Å². The van der Waals surface area contributed by atoms with Crippen LogP contribution in [0.25, 0.3) is 0 Å².